The Hall–Kier alpha value is -2.22. The molecule has 1 N–H and O–H groups in total. The lowest BCUT2D eigenvalue weighted by atomic mass is 10.1. The minimum Gasteiger partial charge on any atom is -0.489 e. The zero-order valence-electron chi connectivity index (χ0n) is 12.1. The van der Waals surface area contributed by atoms with Gasteiger partial charge >= 0.3 is 0 Å². The molecule has 0 spiro atoms. The molecule has 2 aromatic rings. The van der Waals surface area contributed by atoms with Crippen LogP contribution in [-0.4, -0.2) is 6.61 Å². The van der Waals surface area contributed by atoms with Gasteiger partial charge in [-0.1, -0.05) is 48.6 Å². The van der Waals surface area contributed by atoms with E-state index < -0.39 is 0 Å². The Bertz CT molecular complexity index is 590. The first-order valence-electron chi connectivity index (χ1n) is 6.83. The Labute approximate surface area is 121 Å². The molecule has 0 fully saturated rings. The lowest BCUT2D eigenvalue weighted by Gasteiger charge is -2.13. The first-order valence-corrected chi connectivity index (χ1v) is 6.83. The summed E-state index contributed by atoms with van der Waals surface area (Å²) in [4.78, 5) is 0. The number of nitrogens with one attached hydrogen (secondary N) is 1. The largest absolute Gasteiger partial charge is 0.489 e. The van der Waals surface area contributed by atoms with E-state index >= 15 is 0 Å². The highest BCUT2D eigenvalue weighted by molar-refractivity contribution is 5.52. The van der Waals surface area contributed by atoms with Crippen LogP contribution in [0, 0.1) is 13.8 Å². The molecule has 0 radical (unpaired) electrons. The lowest BCUT2D eigenvalue weighted by molar-refractivity contribution is 0.359. The molecule has 0 aromatic heterocycles. The van der Waals surface area contributed by atoms with Crippen molar-refractivity contribution in [1.29, 1.82) is 0 Å². The third-order valence-electron chi connectivity index (χ3n) is 3.18. The van der Waals surface area contributed by atoms with Crippen molar-refractivity contribution in [2.45, 2.75) is 20.4 Å². The summed E-state index contributed by atoms with van der Waals surface area (Å²) in [6.45, 7) is 9.18. The highest BCUT2D eigenvalue weighted by Crippen LogP contribution is 2.21. The van der Waals surface area contributed by atoms with Crippen molar-refractivity contribution in [3.63, 3.8) is 0 Å². The van der Waals surface area contributed by atoms with Crippen LogP contribution in [0.15, 0.2) is 55.1 Å². The third-order valence-corrected chi connectivity index (χ3v) is 3.18. The van der Waals surface area contributed by atoms with Gasteiger partial charge in [-0.15, -0.1) is 0 Å². The van der Waals surface area contributed by atoms with Gasteiger partial charge in [0, 0.05) is 17.8 Å². The van der Waals surface area contributed by atoms with Crippen LogP contribution in [-0.2, 0) is 6.54 Å². The number of hydrogen-bond donors (Lipinski definition) is 1. The topological polar surface area (TPSA) is 21.3 Å². The molecule has 2 nitrogen and oxygen atoms in total. The molecule has 0 unspecified atom stereocenters. The SMILES string of the molecule is C=CCOc1ccccc1CNc1ccc(C)cc1C. The molecule has 104 valence electrons. The molecule has 0 heterocycles. The third kappa shape index (κ3) is 3.64. The van der Waals surface area contributed by atoms with E-state index in [1.807, 2.05) is 18.2 Å². The number of anilines is 1. The quantitative estimate of drug-likeness (QED) is 0.779. The van der Waals surface area contributed by atoms with Crippen molar-refractivity contribution in [2.24, 2.45) is 0 Å². The monoisotopic (exact) mass is 267 g/mol. The first-order chi connectivity index (χ1) is 9.70. The molecular weight excluding hydrogens is 246 g/mol. The zero-order valence-corrected chi connectivity index (χ0v) is 12.1. The summed E-state index contributed by atoms with van der Waals surface area (Å²) >= 11 is 0. The summed E-state index contributed by atoms with van der Waals surface area (Å²) in [6.07, 6.45) is 1.76. The van der Waals surface area contributed by atoms with Gasteiger partial charge in [-0.05, 0) is 31.5 Å². The van der Waals surface area contributed by atoms with Crippen LogP contribution in [0.3, 0.4) is 0 Å². The van der Waals surface area contributed by atoms with Gasteiger partial charge in [0.1, 0.15) is 12.4 Å². The van der Waals surface area contributed by atoms with Gasteiger partial charge in [0.05, 0.1) is 0 Å². The molecule has 0 aliphatic rings. The van der Waals surface area contributed by atoms with Gasteiger partial charge in [0.25, 0.3) is 0 Å². The molecule has 0 saturated heterocycles. The van der Waals surface area contributed by atoms with E-state index in [-0.39, 0.29) is 0 Å². The standard InChI is InChI=1S/C18H21NO/c1-4-11-20-18-8-6-5-7-16(18)13-19-17-10-9-14(2)12-15(17)3/h4-10,12,19H,1,11,13H2,2-3H3. The second-order valence-corrected chi connectivity index (χ2v) is 4.88. The van der Waals surface area contributed by atoms with Gasteiger partial charge in [-0.25, -0.2) is 0 Å². The van der Waals surface area contributed by atoms with Crippen LogP contribution in [0.1, 0.15) is 16.7 Å². The average molecular weight is 267 g/mol. The van der Waals surface area contributed by atoms with Gasteiger partial charge in [0.15, 0.2) is 0 Å². The number of benzene rings is 2. The fraction of sp³-hybridized carbons (Fsp3) is 0.222. The maximum absolute atomic E-state index is 5.67. The molecule has 20 heavy (non-hydrogen) atoms. The number of aryl methyl sites for hydroxylation is 2. The number of ether oxygens (including phenoxy) is 1. The van der Waals surface area contributed by atoms with Crippen LogP contribution < -0.4 is 10.1 Å². The van der Waals surface area contributed by atoms with Crippen LogP contribution in [0.5, 0.6) is 5.75 Å². The smallest absolute Gasteiger partial charge is 0.124 e. The van der Waals surface area contributed by atoms with E-state index in [0.29, 0.717) is 6.61 Å². The van der Waals surface area contributed by atoms with Crippen molar-refractivity contribution < 1.29 is 4.74 Å². The maximum Gasteiger partial charge on any atom is 0.124 e. The van der Waals surface area contributed by atoms with Gasteiger partial charge in [-0.3, -0.25) is 0 Å². The molecule has 0 atom stereocenters. The van der Waals surface area contributed by atoms with E-state index in [4.69, 9.17) is 4.74 Å². The van der Waals surface area contributed by atoms with Gasteiger partial charge in [-0.2, -0.15) is 0 Å². The van der Waals surface area contributed by atoms with Crippen molar-refractivity contribution in [1.82, 2.24) is 0 Å². The van der Waals surface area contributed by atoms with E-state index in [2.05, 4.69) is 50.0 Å². The van der Waals surface area contributed by atoms with E-state index in [0.717, 1.165) is 23.5 Å². The van der Waals surface area contributed by atoms with E-state index in [1.54, 1.807) is 6.08 Å². The van der Waals surface area contributed by atoms with Crippen LogP contribution in [0.25, 0.3) is 0 Å². The first kappa shape index (κ1) is 14.2. The number of rotatable bonds is 6. The van der Waals surface area contributed by atoms with Gasteiger partial charge < -0.3 is 10.1 Å². The number of para-hydroxylation sites is 1. The average Bonchev–Trinajstić information content (AvgIpc) is 2.45. The van der Waals surface area contributed by atoms with E-state index in [9.17, 15) is 0 Å². The van der Waals surface area contributed by atoms with Crippen LogP contribution in [0.2, 0.25) is 0 Å². The molecule has 2 rings (SSSR count). The van der Waals surface area contributed by atoms with Crippen molar-refractivity contribution in [2.75, 3.05) is 11.9 Å². The maximum atomic E-state index is 5.67. The minimum absolute atomic E-state index is 0.528. The Balaban J connectivity index is 2.08. The normalized spacial score (nSPS) is 10.1. The summed E-state index contributed by atoms with van der Waals surface area (Å²) in [7, 11) is 0. The Morgan fingerprint density at radius 1 is 1.15 bits per heavy atom. The molecule has 0 amide bonds. The molecule has 0 aliphatic carbocycles. The summed E-state index contributed by atoms with van der Waals surface area (Å²) < 4.78 is 5.67. The summed E-state index contributed by atoms with van der Waals surface area (Å²) in [5.41, 5.74) is 4.85. The summed E-state index contributed by atoms with van der Waals surface area (Å²) in [5, 5.41) is 3.47. The van der Waals surface area contributed by atoms with Crippen LogP contribution >= 0.6 is 0 Å². The molecular formula is C18H21NO. The van der Waals surface area contributed by atoms with Crippen LogP contribution in [0.4, 0.5) is 5.69 Å². The van der Waals surface area contributed by atoms with Crippen molar-refractivity contribution in [3.05, 3.63) is 71.8 Å². The second-order valence-electron chi connectivity index (χ2n) is 4.88. The summed E-state index contributed by atoms with van der Waals surface area (Å²) in [6, 6.07) is 14.5. The molecule has 0 aliphatic heterocycles. The van der Waals surface area contributed by atoms with Crippen molar-refractivity contribution in [3.8, 4) is 5.75 Å². The fourth-order valence-electron chi connectivity index (χ4n) is 2.14. The highest BCUT2D eigenvalue weighted by Gasteiger charge is 2.03. The Morgan fingerprint density at radius 3 is 2.70 bits per heavy atom. The Kier molecular flexibility index (Phi) is 4.83. The number of hydrogen-bond acceptors (Lipinski definition) is 2. The fourth-order valence-corrected chi connectivity index (χ4v) is 2.14. The van der Waals surface area contributed by atoms with Crippen molar-refractivity contribution >= 4 is 5.69 Å². The zero-order chi connectivity index (χ0) is 14.4. The molecule has 0 bridgehead atoms. The van der Waals surface area contributed by atoms with E-state index in [1.165, 1.54) is 11.1 Å². The summed E-state index contributed by atoms with van der Waals surface area (Å²) in [5.74, 6) is 0.907. The highest BCUT2D eigenvalue weighted by atomic mass is 16.5. The predicted octanol–water partition coefficient (Wildman–Crippen LogP) is 4.48. The van der Waals surface area contributed by atoms with Gasteiger partial charge in [0.2, 0.25) is 0 Å². The second kappa shape index (κ2) is 6.80. The molecule has 2 aromatic carbocycles. The Morgan fingerprint density at radius 2 is 1.95 bits per heavy atom. The minimum atomic E-state index is 0.528. The predicted molar refractivity (Wildman–Crippen MR) is 85.4 cm³/mol. The molecule has 0 saturated carbocycles. The lowest BCUT2D eigenvalue weighted by Crippen LogP contribution is -2.04. The molecule has 2 heteroatoms.